The van der Waals surface area contributed by atoms with Crippen molar-refractivity contribution >= 4 is 57.5 Å². The summed E-state index contributed by atoms with van der Waals surface area (Å²) in [5.41, 5.74) is 2.60. The normalized spacial score (nSPS) is 17.6. The second kappa shape index (κ2) is 7.14. The molecule has 0 saturated carbocycles. The van der Waals surface area contributed by atoms with Crippen LogP contribution in [0.2, 0.25) is 0 Å². The van der Waals surface area contributed by atoms with Gasteiger partial charge in [0.15, 0.2) is 0 Å². The van der Waals surface area contributed by atoms with Crippen molar-refractivity contribution in [3.05, 3.63) is 51.6 Å². The Bertz CT molecular complexity index is 809. The number of fused-ring (bicyclic) bond motifs is 1. The van der Waals surface area contributed by atoms with E-state index in [-0.39, 0.29) is 11.8 Å². The van der Waals surface area contributed by atoms with Crippen molar-refractivity contribution in [2.45, 2.75) is 24.0 Å². The maximum atomic E-state index is 12.6. The van der Waals surface area contributed by atoms with E-state index in [1.54, 1.807) is 6.92 Å². The Labute approximate surface area is 158 Å². The van der Waals surface area contributed by atoms with Crippen LogP contribution in [0.15, 0.2) is 47.4 Å². The van der Waals surface area contributed by atoms with Gasteiger partial charge in [0, 0.05) is 14.2 Å². The van der Waals surface area contributed by atoms with E-state index in [9.17, 15) is 9.59 Å². The van der Waals surface area contributed by atoms with Gasteiger partial charge in [-0.1, -0.05) is 19.1 Å². The average Bonchev–Trinajstić information content (AvgIpc) is 2.56. The van der Waals surface area contributed by atoms with Gasteiger partial charge in [-0.25, -0.2) is 0 Å². The van der Waals surface area contributed by atoms with E-state index < -0.39 is 11.2 Å². The van der Waals surface area contributed by atoms with Gasteiger partial charge in [-0.3, -0.25) is 9.59 Å². The van der Waals surface area contributed by atoms with E-state index in [2.05, 4.69) is 33.2 Å². The molecule has 2 atom stereocenters. The summed E-state index contributed by atoms with van der Waals surface area (Å²) in [5, 5.41) is 5.39. The molecular weight excluding hydrogens is 435 g/mol. The number of anilines is 2. The third-order valence-corrected chi connectivity index (χ3v) is 6.13. The number of halogens is 1. The molecule has 0 fully saturated rings. The lowest BCUT2D eigenvalue weighted by molar-refractivity contribution is -0.123. The van der Waals surface area contributed by atoms with E-state index >= 15 is 0 Å². The molecule has 0 saturated heterocycles. The van der Waals surface area contributed by atoms with Crippen LogP contribution in [0.1, 0.15) is 12.5 Å². The number of hydrogen-bond donors (Lipinski definition) is 2. The number of para-hydroxylation sites is 1. The van der Waals surface area contributed by atoms with Gasteiger partial charge in [0.05, 0.1) is 16.9 Å². The quantitative estimate of drug-likeness (QED) is 0.684. The molecule has 6 heteroatoms. The first kappa shape index (κ1) is 17.3. The van der Waals surface area contributed by atoms with Gasteiger partial charge < -0.3 is 10.6 Å². The lowest BCUT2D eigenvalue weighted by Crippen LogP contribution is -2.39. The molecule has 124 valence electrons. The molecule has 0 radical (unpaired) electrons. The number of thioether (sulfide) groups is 1. The van der Waals surface area contributed by atoms with Gasteiger partial charge in [0.1, 0.15) is 0 Å². The maximum absolute atomic E-state index is 12.6. The first-order valence-electron chi connectivity index (χ1n) is 7.59. The molecule has 24 heavy (non-hydrogen) atoms. The van der Waals surface area contributed by atoms with Crippen LogP contribution in [0.5, 0.6) is 0 Å². The average molecular weight is 452 g/mol. The highest BCUT2D eigenvalue weighted by Gasteiger charge is 2.35. The predicted molar refractivity (Wildman–Crippen MR) is 106 cm³/mol. The molecule has 2 unspecified atom stereocenters. The van der Waals surface area contributed by atoms with Crippen LogP contribution >= 0.6 is 34.4 Å². The van der Waals surface area contributed by atoms with Crippen LogP contribution in [0.3, 0.4) is 0 Å². The highest BCUT2D eigenvalue weighted by molar-refractivity contribution is 14.1. The number of benzene rings is 2. The Morgan fingerprint density at radius 1 is 1.29 bits per heavy atom. The first-order valence-corrected chi connectivity index (χ1v) is 9.55. The molecular formula is C18H17IN2O2S. The van der Waals surface area contributed by atoms with Gasteiger partial charge in [0.2, 0.25) is 11.8 Å². The fourth-order valence-electron chi connectivity index (χ4n) is 2.55. The summed E-state index contributed by atoms with van der Waals surface area (Å²) < 4.78 is 1.12. The number of carbonyl (C=O) groups is 2. The number of aryl methyl sites for hydroxylation is 1. The molecule has 0 aliphatic carbocycles. The molecule has 2 N–H and O–H groups in total. The zero-order chi connectivity index (χ0) is 17.3. The summed E-state index contributed by atoms with van der Waals surface area (Å²) in [6.07, 6.45) is 0. The molecule has 2 amide bonds. The fraction of sp³-hybridized carbons (Fsp3) is 0.222. The fourth-order valence-corrected chi connectivity index (χ4v) is 4.36. The standard InChI is InChI=1S/C18H17IN2O2S/c1-10-9-12(19)7-8-13(10)20-17(22)11(2)16-18(23)21-14-5-3-4-6-15(14)24-16/h3-9,11,16H,1-2H3,(H,20,22)(H,21,23). The van der Waals surface area contributed by atoms with Crippen molar-refractivity contribution in [2.75, 3.05) is 10.6 Å². The van der Waals surface area contributed by atoms with Crippen LogP contribution < -0.4 is 10.6 Å². The molecule has 2 aromatic rings. The molecule has 2 aromatic carbocycles. The van der Waals surface area contributed by atoms with Crippen molar-refractivity contribution in [1.82, 2.24) is 0 Å². The molecule has 1 aliphatic rings. The summed E-state index contributed by atoms with van der Waals surface area (Å²) >= 11 is 3.68. The first-order chi connectivity index (χ1) is 11.5. The van der Waals surface area contributed by atoms with Crippen LogP contribution in [0, 0.1) is 16.4 Å². The maximum Gasteiger partial charge on any atom is 0.238 e. The van der Waals surface area contributed by atoms with E-state index in [0.717, 1.165) is 25.4 Å². The van der Waals surface area contributed by atoms with Gasteiger partial charge in [0.25, 0.3) is 0 Å². The highest BCUT2D eigenvalue weighted by atomic mass is 127. The van der Waals surface area contributed by atoms with Crippen LogP contribution in [0.25, 0.3) is 0 Å². The molecule has 0 aromatic heterocycles. The number of amides is 2. The second-order valence-electron chi connectivity index (χ2n) is 5.76. The van der Waals surface area contributed by atoms with Crippen molar-refractivity contribution in [1.29, 1.82) is 0 Å². The van der Waals surface area contributed by atoms with Gasteiger partial charge in [-0.2, -0.15) is 0 Å². The number of hydrogen-bond acceptors (Lipinski definition) is 3. The van der Waals surface area contributed by atoms with Crippen molar-refractivity contribution in [2.24, 2.45) is 5.92 Å². The Morgan fingerprint density at radius 2 is 2.04 bits per heavy atom. The molecule has 1 heterocycles. The van der Waals surface area contributed by atoms with E-state index in [0.29, 0.717) is 0 Å². The summed E-state index contributed by atoms with van der Waals surface area (Å²) in [6, 6.07) is 13.5. The Hall–Kier alpha value is -1.54. The van der Waals surface area contributed by atoms with Crippen LogP contribution in [-0.2, 0) is 9.59 Å². The van der Waals surface area contributed by atoms with Gasteiger partial charge in [-0.15, -0.1) is 11.8 Å². The minimum atomic E-state index is -0.443. The summed E-state index contributed by atoms with van der Waals surface area (Å²) in [5.74, 6) is -0.714. The van der Waals surface area contributed by atoms with Crippen molar-refractivity contribution in [3.8, 4) is 0 Å². The lowest BCUT2D eigenvalue weighted by atomic mass is 10.0. The second-order valence-corrected chi connectivity index (χ2v) is 8.19. The highest BCUT2D eigenvalue weighted by Crippen LogP contribution is 2.38. The predicted octanol–water partition coefficient (Wildman–Crippen LogP) is 4.29. The van der Waals surface area contributed by atoms with E-state index in [4.69, 9.17) is 0 Å². The van der Waals surface area contributed by atoms with Crippen molar-refractivity contribution in [3.63, 3.8) is 0 Å². The molecule has 0 spiro atoms. The minimum absolute atomic E-state index is 0.124. The van der Waals surface area contributed by atoms with E-state index in [1.165, 1.54) is 11.8 Å². The van der Waals surface area contributed by atoms with Crippen LogP contribution in [0.4, 0.5) is 11.4 Å². The topological polar surface area (TPSA) is 58.2 Å². The van der Waals surface area contributed by atoms with E-state index in [1.807, 2.05) is 49.4 Å². The SMILES string of the molecule is Cc1cc(I)ccc1NC(=O)C(C)C1Sc2ccccc2NC1=O. The summed E-state index contributed by atoms with van der Waals surface area (Å²) in [6.45, 7) is 3.75. The monoisotopic (exact) mass is 452 g/mol. The molecule has 1 aliphatic heterocycles. The zero-order valence-electron chi connectivity index (χ0n) is 13.3. The zero-order valence-corrected chi connectivity index (χ0v) is 16.3. The largest absolute Gasteiger partial charge is 0.326 e. The van der Waals surface area contributed by atoms with Gasteiger partial charge in [-0.05, 0) is 65.4 Å². The third-order valence-electron chi connectivity index (χ3n) is 3.97. The molecule has 4 nitrogen and oxygen atoms in total. The third kappa shape index (κ3) is 3.59. The number of rotatable bonds is 3. The van der Waals surface area contributed by atoms with Crippen molar-refractivity contribution < 1.29 is 9.59 Å². The summed E-state index contributed by atoms with van der Waals surface area (Å²) in [7, 11) is 0. The van der Waals surface area contributed by atoms with Crippen LogP contribution in [-0.4, -0.2) is 17.1 Å². The molecule has 3 rings (SSSR count). The molecule has 0 bridgehead atoms. The number of nitrogens with one attached hydrogen (secondary N) is 2. The van der Waals surface area contributed by atoms with Gasteiger partial charge >= 0.3 is 0 Å². The Kier molecular flexibility index (Phi) is 5.15. The lowest BCUT2D eigenvalue weighted by Gasteiger charge is -2.27. The minimum Gasteiger partial charge on any atom is -0.326 e. The Balaban J connectivity index is 1.75. The Morgan fingerprint density at radius 3 is 2.79 bits per heavy atom. The number of carbonyl (C=O) groups excluding carboxylic acids is 2. The smallest absolute Gasteiger partial charge is 0.238 e. The summed E-state index contributed by atoms with van der Waals surface area (Å²) in [4.78, 5) is 25.9.